The first kappa shape index (κ1) is 20.2. The Morgan fingerprint density at radius 1 is 1.39 bits per heavy atom. The molecular weight excluding hydrogens is 354 g/mol. The number of rotatable bonds is 7. The minimum Gasteiger partial charge on any atom is -0.493 e. The first-order valence-corrected chi connectivity index (χ1v) is 10.1. The summed E-state index contributed by atoms with van der Waals surface area (Å²) in [5.74, 6) is 2.17. The van der Waals surface area contributed by atoms with Gasteiger partial charge in [0.1, 0.15) is 17.9 Å². The zero-order valence-corrected chi connectivity index (χ0v) is 17.1. The van der Waals surface area contributed by atoms with Crippen LogP contribution in [0.15, 0.2) is 30.6 Å². The third-order valence-corrected chi connectivity index (χ3v) is 5.11. The van der Waals surface area contributed by atoms with Gasteiger partial charge in [0, 0.05) is 38.0 Å². The molecule has 28 heavy (non-hydrogen) atoms. The van der Waals surface area contributed by atoms with Crippen LogP contribution in [0.4, 0.5) is 4.79 Å². The molecule has 7 nitrogen and oxygen atoms in total. The van der Waals surface area contributed by atoms with Gasteiger partial charge in [0.15, 0.2) is 0 Å². The molecule has 0 radical (unpaired) electrons. The number of piperidine rings is 1. The van der Waals surface area contributed by atoms with Crippen molar-refractivity contribution in [3.8, 4) is 5.75 Å². The standard InChI is InChI=1S/C21H31N5O2/c1-16(2)26-15-23-24-20(26)9-10-22-21(27)25-11-5-7-18(13-25)14-28-19-8-4-6-17(3)12-19/h4,6,8,12,15-16,18H,5,7,9-11,13-14H2,1-3H3,(H,22,27). The zero-order chi connectivity index (χ0) is 19.9. The summed E-state index contributed by atoms with van der Waals surface area (Å²) in [4.78, 5) is 14.4. The Bertz CT molecular complexity index is 774. The number of carbonyl (C=O) groups is 1. The predicted octanol–water partition coefficient (Wildman–Crippen LogP) is 3.21. The Hall–Kier alpha value is -2.57. The van der Waals surface area contributed by atoms with E-state index >= 15 is 0 Å². The van der Waals surface area contributed by atoms with E-state index < -0.39 is 0 Å². The van der Waals surface area contributed by atoms with Crippen LogP contribution in [-0.2, 0) is 6.42 Å². The smallest absolute Gasteiger partial charge is 0.317 e. The van der Waals surface area contributed by atoms with Crippen LogP contribution in [0.5, 0.6) is 5.75 Å². The lowest BCUT2D eigenvalue weighted by Gasteiger charge is -2.32. The molecule has 0 bridgehead atoms. The number of hydrogen-bond donors (Lipinski definition) is 1. The second-order valence-corrected chi connectivity index (χ2v) is 7.81. The van der Waals surface area contributed by atoms with Crippen molar-refractivity contribution in [2.75, 3.05) is 26.2 Å². The van der Waals surface area contributed by atoms with E-state index in [1.807, 2.05) is 27.7 Å². The summed E-state index contributed by atoms with van der Waals surface area (Å²) in [5.41, 5.74) is 1.19. The van der Waals surface area contributed by atoms with Gasteiger partial charge in [-0.15, -0.1) is 10.2 Å². The lowest BCUT2D eigenvalue weighted by molar-refractivity contribution is 0.137. The summed E-state index contributed by atoms with van der Waals surface area (Å²) in [6.07, 6.45) is 4.52. The van der Waals surface area contributed by atoms with E-state index in [1.54, 1.807) is 6.33 Å². The van der Waals surface area contributed by atoms with Gasteiger partial charge in [-0.1, -0.05) is 12.1 Å². The van der Waals surface area contributed by atoms with Crippen molar-refractivity contribution in [2.24, 2.45) is 5.92 Å². The number of aryl methyl sites for hydroxylation is 1. The van der Waals surface area contributed by atoms with Crippen LogP contribution in [0.2, 0.25) is 0 Å². The molecule has 2 amide bonds. The number of carbonyl (C=O) groups excluding carboxylic acids is 1. The van der Waals surface area contributed by atoms with Gasteiger partial charge >= 0.3 is 6.03 Å². The molecular formula is C21H31N5O2. The second-order valence-electron chi connectivity index (χ2n) is 7.81. The topological polar surface area (TPSA) is 72.3 Å². The van der Waals surface area contributed by atoms with Crippen molar-refractivity contribution in [1.82, 2.24) is 25.0 Å². The van der Waals surface area contributed by atoms with Crippen molar-refractivity contribution >= 4 is 6.03 Å². The number of nitrogens with one attached hydrogen (secondary N) is 1. The molecule has 2 aromatic rings. The fraction of sp³-hybridized carbons (Fsp3) is 0.571. The largest absolute Gasteiger partial charge is 0.493 e. The number of hydrogen-bond acceptors (Lipinski definition) is 4. The molecule has 0 spiro atoms. The fourth-order valence-electron chi connectivity index (χ4n) is 3.57. The number of amides is 2. The summed E-state index contributed by atoms with van der Waals surface area (Å²) < 4.78 is 7.98. The van der Waals surface area contributed by atoms with Gasteiger partial charge in [0.05, 0.1) is 6.61 Å². The van der Waals surface area contributed by atoms with Gasteiger partial charge in [-0.3, -0.25) is 0 Å². The summed E-state index contributed by atoms with van der Waals surface area (Å²) in [7, 11) is 0. The third-order valence-electron chi connectivity index (χ3n) is 5.11. The van der Waals surface area contributed by atoms with Crippen LogP contribution >= 0.6 is 0 Å². The van der Waals surface area contributed by atoms with Crippen molar-refractivity contribution in [3.05, 3.63) is 42.0 Å². The number of likely N-dealkylation sites (tertiary alicyclic amines) is 1. The van der Waals surface area contributed by atoms with Crippen LogP contribution in [0.3, 0.4) is 0 Å². The van der Waals surface area contributed by atoms with Gasteiger partial charge < -0.3 is 19.5 Å². The number of nitrogens with zero attached hydrogens (tertiary/aromatic N) is 4. The number of aromatic nitrogens is 3. The Morgan fingerprint density at radius 3 is 3.04 bits per heavy atom. The minimum absolute atomic E-state index is 0.00383. The summed E-state index contributed by atoms with van der Waals surface area (Å²) in [6, 6.07) is 8.40. The van der Waals surface area contributed by atoms with E-state index in [9.17, 15) is 4.79 Å². The molecule has 1 aromatic heterocycles. The predicted molar refractivity (Wildman–Crippen MR) is 108 cm³/mol. The molecule has 1 aromatic carbocycles. The van der Waals surface area contributed by atoms with Gasteiger partial charge in [-0.2, -0.15) is 0 Å². The lowest BCUT2D eigenvalue weighted by Crippen LogP contribution is -2.47. The SMILES string of the molecule is Cc1cccc(OCC2CCCN(C(=O)NCCc3nncn3C(C)C)C2)c1. The highest BCUT2D eigenvalue weighted by molar-refractivity contribution is 5.74. The Labute approximate surface area is 167 Å². The molecule has 1 atom stereocenters. The van der Waals surface area contributed by atoms with Gasteiger partial charge in [0.25, 0.3) is 0 Å². The first-order chi connectivity index (χ1) is 13.5. The van der Waals surface area contributed by atoms with Crippen LogP contribution in [0, 0.1) is 12.8 Å². The summed E-state index contributed by atoms with van der Waals surface area (Å²) in [5, 5.41) is 11.1. The molecule has 1 saturated heterocycles. The maximum atomic E-state index is 12.5. The molecule has 1 unspecified atom stereocenters. The van der Waals surface area contributed by atoms with Gasteiger partial charge in [-0.05, 0) is 51.3 Å². The van der Waals surface area contributed by atoms with Crippen LogP contribution < -0.4 is 10.1 Å². The van der Waals surface area contributed by atoms with E-state index in [2.05, 4.69) is 42.4 Å². The maximum Gasteiger partial charge on any atom is 0.317 e. The molecule has 1 fully saturated rings. The quantitative estimate of drug-likeness (QED) is 0.794. The van der Waals surface area contributed by atoms with Crippen molar-refractivity contribution in [3.63, 3.8) is 0 Å². The highest BCUT2D eigenvalue weighted by atomic mass is 16.5. The average Bonchev–Trinajstić information content (AvgIpc) is 3.15. The number of urea groups is 1. The first-order valence-electron chi connectivity index (χ1n) is 10.1. The monoisotopic (exact) mass is 385 g/mol. The number of benzene rings is 1. The van der Waals surface area contributed by atoms with E-state index in [0.717, 1.165) is 37.5 Å². The number of ether oxygens (including phenoxy) is 1. The van der Waals surface area contributed by atoms with Gasteiger partial charge in [-0.25, -0.2) is 4.79 Å². The Balaban J connectivity index is 1.43. The lowest BCUT2D eigenvalue weighted by atomic mass is 9.99. The van der Waals surface area contributed by atoms with Crippen molar-refractivity contribution in [2.45, 2.75) is 46.1 Å². The Kier molecular flexibility index (Phi) is 6.90. The van der Waals surface area contributed by atoms with E-state index in [4.69, 9.17) is 4.74 Å². The van der Waals surface area contributed by atoms with Crippen LogP contribution in [0.1, 0.15) is 44.1 Å². The van der Waals surface area contributed by atoms with E-state index in [1.165, 1.54) is 5.56 Å². The highest BCUT2D eigenvalue weighted by Gasteiger charge is 2.24. The zero-order valence-electron chi connectivity index (χ0n) is 17.1. The second kappa shape index (κ2) is 9.57. The average molecular weight is 386 g/mol. The van der Waals surface area contributed by atoms with Crippen molar-refractivity contribution in [1.29, 1.82) is 0 Å². The normalized spacial score (nSPS) is 17.0. The van der Waals surface area contributed by atoms with Crippen LogP contribution in [-0.4, -0.2) is 51.9 Å². The maximum absolute atomic E-state index is 12.5. The third kappa shape index (κ3) is 5.47. The molecule has 3 rings (SSSR count). The molecule has 0 saturated carbocycles. The molecule has 2 heterocycles. The van der Waals surface area contributed by atoms with Gasteiger partial charge in [0.2, 0.25) is 0 Å². The molecule has 1 aliphatic heterocycles. The van der Waals surface area contributed by atoms with E-state index in [0.29, 0.717) is 31.5 Å². The Morgan fingerprint density at radius 2 is 2.25 bits per heavy atom. The fourth-order valence-corrected chi connectivity index (χ4v) is 3.57. The van der Waals surface area contributed by atoms with Crippen LogP contribution in [0.25, 0.3) is 0 Å². The molecule has 1 aliphatic rings. The summed E-state index contributed by atoms with van der Waals surface area (Å²) in [6.45, 7) is 8.99. The van der Waals surface area contributed by atoms with E-state index in [-0.39, 0.29) is 6.03 Å². The highest BCUT2D eigenvalue weighted by Crippen LogP contribution is 2.19. The molecule has 152 valence electrons. The summed E-state index contributed by atoms with van der Waals surface area (Å²) >= 11 is 0. The molecule has 7 heteroatoms. The minimum atomic E-state index is -0.00383. The molecule has 1 N–H and O–H groups in total. The molecule has 0 aliphatic carbocycles. The van der Waals surface area contributed by atoms with Crippen molar-refractivity contribution < 1.29 is 9.53 Å².